The molecule has 206 valence electrons. The van der Waals surface area contributed by atoms with Crippen molar-refractivity contribution in [2.45, 2.75) is 38.3 Å². The van der Waals surface area contributed by atoms with Gasteiger partial charge in [0.15, 0.2) is 0 Å². The molecule has 39 heavy (non-hydrogen) atoms. The Morgan fingerprint density at radius 3 is 2.49 bits per heavy atom. The molecule has 0 N–H and O–H groups in total. The van der Waals surface area contributed by atoms with E-state index in [1.54, 1.807) is 29.0 Å². The molecule has 0 aromatic heterocycles. The first kappa shape index (κ1) is 28.9. The minimum Gasteiger partial charge on any atom is -0.490 e. The smallest absolute Gasteiger partial charge is 0.225 e. The van der Waals surface area contributed by atoms with Gasteiger partial charge in [0, 0.05) is 36.6 Å². The number of rotatable bonds is 10. The van der Waals surface area contributed by atoms with Crippen LogP contribution in [0.2, 0.25) is 10.0 Å². The molecule has 0 bridgehead atoms. The van der Waals surface area contributed by atoms with Gasteiger partial charge in [-0.25, -0.2) is 0 Å². The van der Waals surface area contributed by atoms with Crippen LogP contribution in [0.1, 0.15) is 29.5 Å². The van der Waals surface area contributed by atoms with Gasteiger partial charge < -0.3 is 19.3 Å². The number of carbonyl (C=O) groups excluding carboxylic acids is 2. The Labute approximate surface area is 240 Å². The molecule has 0 saturated carbocycles. The van der Waals surface area contributed by atoms with Crippen molar-refractivity contribution in [2.75, 3.05) is 33.4 Å². The van der Waals surface area contributed by atoms with Gasteiger partial charge in [-0.1, -0.05) is 65.7 Å². The average Bonchev–Trinajstić information content (AvgIpc) is 2.94. The van der Waals surface area contributed by atoms with E-state index in [4.69, 9.17) is 32.7 Å². The molecule has 1 fully saturated rings. The van der Waals surface area contributed by atoms with Gasteiger partial charge in [-0.05, 0) is 60.4 Å². The standard InChI is InChI=1S/C31H34Cl2N2O4/c1-23-18-27(13-14-28(23)33)38-22-31(19-30(37)34(2)20-25-6-4-3-5-7-25)21-35(16-17-39-31)29(36)15-10-24-8-11-26(32)12-9-24/h3-9,11-14,18H,10,15-17,19-22H2,1-2H3/t31-/m0/s1. The van der Waals surface area contributed by atoms with Crippen molar-refractivity contribution in [3.8, 4) is 5.75 Å². The highest BCUT2D eigenvalue weighted by Gasteiger charge is 2.42. The number of hydrogen-bond acceptors (Lipinski definition) is 4. The number of aryl methyl sites for hydroxylation is 2. The van der Waals surface area contributed by atoms with Gasteiger partial charge in [-0.15, -0.1) is 0 Å². The Kier molecular flexibility index (Phi) is 9.89. The SMILES string of the molecule is Cc1cc(OC[C@]2(CC(=O)N(C)Cc3ccccc3)CN(C(=O)CCc3ccc(Cl)cc3)CCO2)ccc1Cl. The summed E-state index contributed by atoms with van der Waals surface area (Å²) in [7, 11) is 1.78. The first-order chi connectivity index (χ1) is 18.7. The number of benzene rings is 3. The Hall–Kier alpha value is -3.06. The molecular weight excluding hydrogens is 535 g/mol. The highest BCUT2D eigenvalue weighted by atomic mass is 35.5. The summed E-state index contributed by atoms with van der Waals surface area (Å²) in [6.45, 7) is 3.58. The molecule has 1 aliphatic rings. The molecule has 0 unspecified atom stereocenters. The van der Waals surface area contributed by atoms with Crippen LogP contribution in [-0.4, -0.2) is 60.6 Å². The van der Waals surface area contributed by atoms with E-state index in [9.17, 15) is 9.59 Å². The molecule has 6 nitrogen and oxygen atoms in total. The third kappa shape index (κ3) is 8.21. The third-order valence-corrected chi connectivity index (χ3v) is 7.61. The van der Waals surface area contributed by atoms with Crippen molar-refractivity contribution in [2.24, 2.45) is 0 Å². The molecule has 0 aliphatic carbocycles. The summed E-state index contributed by atoms with van der Waals surface area (Å²) in [6.07, 6.45) is 1.06. The molecule has 1 atom stereocenters. The molecule has 1 aliphatic heterocycles. The van der Waals surface area contributed by atoms with Gasteiger partial charge in [0.1, 0.15) is 18.0 Å². The van der Waals surface area contributed by atoms with E-state index in [2.05, 4.69) is 0 Å². The van der Waals surface area contributed by atoms with Crippen LogP contribution < -0.4 is 4.74 Å². The lowest BCUT2D eigenvalue weighted by Gasteiger charge is -2.42. The molecule has 3 aromatic carbocycles. The maximum Gasteiger partial charge on any atom is 0.225 e. The predicted octanol–water partition coefficient (Wildman–Crippen LogP) is 5.96. The van der Waals surface area contributed by atoms with Crippen LogP contribution in [0.25, 0.3) is 0 Å². The lowest BCUT2D eigenvalue weighted by atomic mass is 9.96. The van der Waals surface area contributed by atoms with E-state index in [0.717, 1.165) is 16.7 Å². The minimum atomic E-state index is -0.982. The molecule has 1 heterocycles. The Bertz CT molecular complexity index is 1270. The fraction of sp³-hybridized carbons (Fsp3) is 0.355. The van der Waals surface area contributed by atoms with E-state index < -0.39 is 5.60 Å². The van der Waals surface area contributed by atoms with Crippen LogP contribution in [-0.2, 0) is 27.3 Å². The van der Waals surface area contributed by atoms with Gasteiger partial charge in [0.05, 0.1) is 19.6 Å². The number of nitrogens with zero attached hydrogens (tertiary/aromatic N) is 2. The summed E-state index contributed by atoms with van der Waals surface area (Å²) in [5.74, 6) is 0.575. The summed E-state index contributed by atoms with van der Waals surface area (Å²) in [6, 6.07) is 22.8. The first-order valence-electron chi connectivity index (χ1n) is 13.1. The number of halogens is 2. The van der Waals surface area contributed by atoms with Crippen LogP contribution >= 0.6 is 23.2 Å². The zero-order valence-corrected chi connectivity index (χ0v) is 23.9. The fourth-order valence-corrected chi connectivity index (χ4v) is 4.88. The van der Waals surface area contributed by atoms with E-state index >= 15 is 0 Å². The van der Waals surface area contributed by atoms with Crippen LogP contribution in [0, 0.1) is 6.92 Å². The Morgan fingerprint density at radius 2 is 1.77 bits per heavy atom. The zero-order valence-electron chi connectivity index (χ0n) is 22.4. The van der Waals surface area contributed by atoms with Crippen molar-refractivity contribution < 1.29 is 19.1 Å². The molecule has 4 rings (SSSR count). The number of hydrogen-bond donors (Lipinski definition) is 0. The van der Waals surface area contributed by atoms with Crippen LogP contribution in [0.5, 0.6) is 5.75 Å². The van der Waals surface area contributed by atoms with E-state index in [1.165, 1.54) is 0 Å². The summed E-state index contributed by atoms with van der Waals surface area (Å²) < 4.78 is 12.4. The molecule has 3 aromatic rings. The fourth-order valence-electron chi connectivity index (χ4n) is 4.64. The lowest BCUT2D eigenvalue weighted by Crippen LogP contribution is -2.58. The average molecular weight is 570 g/mol. The maximum atomic E-state index is 13.4. The Balaban J connectivity index is 1.47. The number of carbonyl (C=O) groups is 2. The summed E-state index contributed by atoms with van der Waals surface area (Å²) in [4.78, 5) is 30.1. The largest absolute Gasteiger partial charge is 0.490 e. The molecule has 0 radical (unpaired) electrons. The van der Waals surface area contributed by atoms with Gasteiger partial charge in [0.25, 0.3) is 0 Å². The van der Waals surface area contributed by atoms with Crippen molar-refractivity contribution in [3.05, 3.63) is 99.5 Å². The summed E-state index contributed by atoms with van der Waals surface area (Å²) >= 11 is 12.2. The van der Waals surface area contributed by atoms with Crippen molar-refractivity contribution in [1.82, 2.24) is 9.80 Å². The molecule has 0 spiro atoms. The van der Waals surface area contributed by atoms with Crippen molar-refractivity contribution in [1.29, 1.82) is 0 Å². The number of ether oxygens (including phenoxy) is 2. The van der Waals surface area contributed by atoms with Gasteiger partial charge >= 0.3 is 0 Å². The first-order valence-corrected chi connectivity index (χ1v) is 13.8. The van der Waals surface area contributed by atoms with E-state index in [-0.39, 0.29) is 31.4 Å². The minimum absolute atomic E-state index is 0.0186. The van der Waals surface area contributed by atoms with Gasteiger partial charge in [0.2, 0.25) is 11.8 Å². The van der Waals surface area contributed by atoms with E-state index in [0.29, 0.717) is 48.3 Å². The zero-order chi connectivity index (χ0) is 27.8. The van der Waals surface area contributed by atoms with Crippen LogP contribution in [0.15, 0.2) is 72.8 Å². The van der Waals surface area contributed by atoms with Crippen molar-refractivity contribution >= 4 is 35.0 Å². The highest BCUT2D eigenvalue weighted by molar-refractivity contribution is 6.31. The molecule has 2 amide bonds. The third-order valence-electron chi connectivity index (χ3n) is 6.93. The van der Waals surface area contributed by atoms with Gasteiger partial charge in [-0.3, -0.25) is 9.59 Å². The highest BCUT2D eigenvalue weighted by Crippen LogP contribution is 2.28. The monoisotopic (exact) mass is 568 g/mol. The van der Waals surface area contributed by atoms with Crippen molar-refractivity contribution in [3.63, 3.8) is 0 Å². The van der Waals surface area contributed by atoms with E-state index in [1.807, 2.05) is 67.6 Å². The van der Waals surface area contributed by atoms with Crippen LogP contribution in [0.4, 0.5) is 0 Å². The quantitative estimate of drug-likeness (QED) is 0.303. The molecular formula is C31H34Cl2N2O4. The predicted molar refractivity (Wildman–Crippen MR) is 154 cm³/mol. The second-order valence-electron chi connectivity index (χ2n) is 10.1. The van der Waals surface area contributed by atoms with Gasteiger partial charge in [-0.2, -0.15) is 0 Å². The normalized spacial score (nSPS) is 17.1. The Morgan fingerprint density at radius 1 is 1.03 bits per heavy atom. The maximum absolute atomic E-state index is 13.4. The summed E-state index contributed by atoms with van der Waals surface area (Å²) in [5.41, 5.74) is 2.00. The van der Waals surface area contributed by atoms with Crippen LogP contribution in [0.3, 0.4) is 0 Å². The topological polar surface area (TPSA) is 59.1 Å². The number of amides is 2. The number of morpholine rings is 1. The second-order valence-corrected chi connectivity index (χ2v) is 10.9. The lowest BCUT2D eigenvalue weighted by molar-refractivity contribution is -0.165. The second kappa shape index (κ2) is 13.3. The molecule has 8 heteroatoms. The summed E-state index contributed by atoms with van der Waals surface area (Å²) in [5, 5.41) is 1.32. The molecule has 1 saturated heterocycles.